The molecule has 31 heavy (non-hydrogen) atoms. The molecule has 0 aliphatic heterocycles. The van der Waals surface area contributed by atoms with Crippen LogP contribution in [0.3, 0.4) is 0 Å². The van der Waals surface area contributed by atoms with Gasteiger partial charge in [-0.15, -0.1) is 13.2 Å². The van der Waals surface area contributed by atoms with Crippen molar-refractivity contribution in [2.45, 2.75) is 20.2 Å². The molecule has 0 saturated heterocycles. The van der Waals surface area contributed by atoms with Gasteiger partial charge in [0.05, 0.1) is 11.9 Å². The number of amides is 1. The van der Waals surface area contributed by atoms with Crippen LogP contribution in [0.25, 0.3) is 16.9 Å². The number of para-hydroxylation sites is 1. The molecule has 8 nitrogen and oxygen atoms in total. The summed E-state index contributed by atoms with van der Waals surface area (Å²) in [6, 6.07) is 8.70. The lowest BCUT2D eigenvalue weighted by Gasteiger charge is -2.13. The minimum atomic E-state index is -4.84. The Kier molecular flexibility index (Phi) is 5.01. The van der Waals surface area contributed by atoms with E-state index >= 15 is 0 Å². The summed E-state index contributed by atoms with van der Waals surface area (Å²) in [6.07, 6.45) is -1.93. The number of halogens is 3. The number of carbonyl (C=O) groups excluding carboxylic acids is 1. The number of hydrogen-bond donors (Lipinski definition) is 1. The summed E-state index contributed by atoms with van der Waals surface area (Å²) in [5.41, 5.74) is 1.69. The number of carbonyl (C=O) groups is 1. The third-order valence-electron chi connectivity index (χ3n) is 4.20. The zero-order valence-electron chi connectivity index (χ0n) is 16.3. The van der Waals surface area contributed by atoms with Crippen LogP contribution in [-0.4, -0.2) is 36.8 Å². The molecule has 1 N–H and O–H groups in total. The van der Waals surface area contributed by atoms with Crippen LogP contribution in [0.4, 0.5) is 18.9 Å². The third kappa shape index (κ3) is 4.44. The summed E-state index contributed by atoms with van der Waals surface area (Å²) < 4.78 is 43.8. The fourth-order valence-corrected chi connectivity index (χ4v) is 3.02. The maximum atomic E-state index is 12.8. The predicted molar refractivity (Wildman–Crippen MR) is 105 cm³/mol. The van der Waals surface area contributed by atoms with Gasteiger partial charge in [0, 0.05) is 17.5 Å². The van der Waals surface area contributed by atoms with Crippen molar-refractivity contribution in [3.05, 3.63) is 66.0 Å². The normalized spacial score (nSPS) is 11.5. The Hall–Kier alpha value is -4.02. The second-order valence-corrected chi connectivity index (χ2v) is 6.58. The molecular formula is C20H15F3N6O2. The second-order valence-electron chi connectivity index (χ2n) is 6.58. The second kappa shape index (κ2) is 7.67. The molecular weight excluding hydrogens is 413 g/mol. The van der Waals surface area contributed by atoms with Gasteiger partial charge in [0.25, 0.3) is 5.91 Å². The molecule has 1 aromatic carbocycles. The van der Waals surface area contributed by atoms with Crippen LogP contribution in [0.2, 0.25) is 0 Å². The monoisotopic (exact) mass is 428 g/mol. The fraction of sp³-hybridized carbons (Fsp3) is 0.150. The standard InChI is InChI=1S/C20H15F3N6O2/c1-11-9-15(26-12(2)25-11)19(30)28-16-10-24-29-8-7-14(27-18(16)29)13-5-3-4-6-17(13)31-20(21,22)23/h3-10H,1-2H3,(H,28,30). The van der Waals surface area contributed by atoms with E-state index in [0.717, 1.165) is 0 Å². The smallest absolute Gasteiger partial charge is 0.405 e. The Labute approximate surface area is 173 Å². The van der Waals surface area contributed by atoms with Crippen LogP contribution in [0.5, 0.6) is 5.75 Å². The fourth-order valence-electron chi connectivity index (χ4n) is 3.02. The summed E-state index contributed by atoms with van der Waals surface area (Å²) in [5.74, 6) is -0.424. The van der Waals surface area contributed by atoms with Crippen LogP contribution in [0.15, 0.2) is 48.8 Å². The van der Waals surface area contributed by atoms with Crippen molar-refractivity contribution in [1.29, 1.82) is 0 Å². The molecule has 0 aliphatic rings. The zero-order valence-corrected chi connectivity index (χ0v) is 16.3. The van der Waals surface area contributed by atoms with Crippen molar-refractivity contribution in [3.8, 4) is 17.0 Å². The lowest BCUT2D eigenvalue weighted by Crippen LogP contribution is -2.17. The Balaban J connectivity index is 1.70. The van der Waals surface area contributed by atoms with Gasteiger partial charge in [-0.2, -0.15) is 5.10 Å². The first-order valence-corrected chi connectivity index (χ1v) is 9.03. The molecule has 0 spiro atoms. The Morgan fingerprint density at radius 2 is 1.87 bits per heavy atom. The molecule has 1 amide bonds. The molecule has 0 aliphatic carbocycles. The van der Waals surface area contributed by atoms with E-state index in [9.17, 15) is 18.0 Å². The number of hydrogen-bond acceptors (Lipinski definition) is 6. The maximum absolute atomic E-state index is 12.8. The number of nitrogens with zero attached hydrogens (tertiary/aromatic N) is 5. The number of benzene rings is 1. The molecule has 0 bridgehead atoms. The first-order valence-electron chi connectivity index (χ1n) is 9.03. The lowest BCUT2D eigenvalue weighted by atomic mass is 10.1. The maximum Gasteiger partial charge on any atom is 0.573 e. The van der Waals surface area contributed by atoms with Crippen molar-refractivity contribution < 1.29 is 22.7 Å². The summed E-state index contributed by atoms with van der Waals surface area (Å²) in [7, 11) is 0. The summed E-state index contributed by atoms with van der Waals surface area (Å²) in [5, 5.41) is 6.79. The number of anilines is 1. The quantitative estimate of drug-likeness (QED) is 0.529. The SMILES string of the molecule is Cc1cc(C(=O)Nc2cnn3ccc(-c4ccccc4OC(F)(F)F)nc23)nc(C)n1. The molecule has 0 radical (unpaired) electrons. The highest BCUT2D eigenvalue weighted by Crippen LogP contribution is 2.33. The van der Waals surface area contributed by atoms with Crippen molar-refractivity contribution >= 4 is 17.2 Å². The Morgan fingerprint density at radius 3 is 2.61 bits per heavy atom. The summed E-state index contributed by atoms with van der Waals surface area (Å²) in [6.45, 7) is 3.42. The molecule has 0 atom stereocenters. The van der Waals surface area contributed by atoms with Gasteiger partial charge < -0.3 is 10.1 Å². The van der Waals surface area contributed by atoms with Gasteiger partial charge in [0.15, 0.2) is 5.65 Å². The van der Waals surface area contributed by atoms with Gasteiger partial charge in [0.2, 0.25) is 0 Å². The highest BCUT2D eigenvalue weighted by Gasteiger charge is 2.32. The summed E-state index contributed by atoms with van der Waals surface area (Å²) >= 11 is 0. The average molecular weight is 428 g/mol. The highest BCUT2D eigenvalue weighted by molar-refractivity contribution is 6.04. The van der Waals surface area contributed by atoms with Crippen LogP contribution >= 0.6 is 0 Å². The molecule has 0 unspecified atom stereocenters. The van der Waals surface area contributed by atoms with Crippen LogP contribution in [0, 0.1) is 13.8 Å². The van der Waals surface area contributed by atoms with Gasteiger partial charge in [-0.05, 0) is 38.1 Å². The predicted octanol–water partition coefficient (Wildman–Crippen LogP) is 3.95. The van der Waals surface area contributed by atoms with Gasteiger partial charge in [-0.25, -0.2) is 19.5 Å². The number of aryl methyl sites for hydroxylation is 2. The lowest BCUT2D eigenvalue weighted by molar-refractivity contribution is -0.274. The summed E-state index contributed by atoms with van der Waals surface area (Å²) in [4.78, 5) is 25.2. The van der Waals surface area contributed by atoms with E-state index in [2.05, 4.69) is 30.1 Å². The van der Waals surface area contributed by atoms with E-state index in [1.165, 1.54) is 47.2 Å². The van der Waals surface area contributed by atoms with Crippen molar-refractivity contribution in [3.63, 3.8) is 0 Å². The minimum Gasteiger partial charge on any atom is -0.405 e. The first-order chi connectivity index (χ1) is 14.7. The first kappa shape index (κ1) is 20.3. The highest BCUT2D eigenvalue weighted by atomic mass is 19.4. The topological polar surface area (TPSA) is 94.3 Å². The van der Waals surface area contributed by atoms with Gasteiger partial charge in [0.1, 0.15) is 23.0 Å². The molecule has 11 heteroatoms. The number of alkyl halides is 3. The number of ether oxygens (including phenoxy) is 1. The van der Waals surface area contributed by atoms with Crippen LogP contribution in [0.1, 0.15) is 22.0 Å². The van der Waals surface area contributed by atoms with Crippen LogP contribution in [-0.2, 0) is 0 Å². The number of aromatic nitrogens is 5. The molecule has 158 valence electrons. The van der Waals surface area contributed by atoms with Gasteiger partial charge in [-0.1, -0.05) is 12.1 Å². The van der Waals surface area contributed by atoms with Crippen LogP contribution < -0.4 is 10.1 Å². The average Bonchev–Trinajstić information content (AvgIpc) is 3.08. The molecule has 0 fully saturated rings. The van der Waals surface area contributed by atoms with E-state index in [-0.39, 0.29) is 34.0 Å². The molecule has 4 aromatic rings. The van der Waals surface area contributed by atoms with Crippen molar-refractivity contribution in [2.75, 3.05) is 5.32 Å². The van der Waals surface area contributed by atoms with E-state index in [1.54, 1.807) is 19.9 Å². The Bertz CT molecular complexity index is 1270. The number of rotatable bonds is 4. The Morgan fingerprint density at radius 1 is 1.10 bits per heavy atom. The van der Waals surface area contributed by atoms with Gasteiger partial charge in [-0.3, -0.25) is 4.79 Å². The molecule has 4 rings (SSSR count). The van der Waals surface area contributed by atoms with Gasteiger partial charge >= 0.3 is 6.36 Å². The van der Waals surface area contributed by atoms with E-state index in [1.807, 2.05) is 0 Å². The zero-order chi connectivity index (χ0) is 22.2. The number of nitrogens with one attached hydrogen (secondary N) is 1. The van der Waals surface area contributed by atoms with E-state index in [0.29, 0.717) is 11.5 Å². The minimum absolute atomic E-state index is 0.142. The molecule has 3 heterocycles. The van der Waals surface area contributed by atoms with E-state index < -0.39 is 12.3 Å². The van der Waals surface area contributed by atoms with Crippen molar-refractivity contribution in [2.24, 2.45) is 0 Å². The van der Waals surface area contributed by atoms with Crippen molar-refractivity contribution in [1.82, 2.24) is 24.6 Å². The molecule has 0 saturated carbocycles. The van der Waals surface area contributed by atoms with E-state index in [4.69, 9.17) is 0 Å². The third-order valence-corrected chi connectivity index (χ3v) is 4.20. The largest absolute Gasteiger partial charge is 0.573 e. The molecule has 3 aromatic heterocycles. The number of fused-ring (bicyclic) bond motifs is 1.